The Morgan fingerprint density at radius 3 is 2.14 bits per heavy atom. The van der Waals surface area contributed by atoms with Gasteiger partial charge in [0.1, 0.15) is 0 Å². The predicted molar refractivity (Wildman–Crippen MR) is 58.2 cm³/mol. The molecule has 0 aliphatic heterocycles. The quantitative estimate of drug-likeness (QED) is 0.483. The van der Waals surface area contributed by atoms with Gasteiger partial charge < -0.3 is 9.59 Å². The average Bonchev–Trinajstić information content (AvgIpc) is 2.16. The monoisotopic (exact) mass is 202 g/mol. The lowest BCUT2D eigenvalue weighted by Crippen LogP contribution is -2.44. The van der Waals surface area contributed by atoms with E-state index in [-0.39, 0.29) is 0 Å². The largest absolute Gasteiger partial charge is 0.481 e. The van der Waals surface area contributed by atoms with Crippen LogP contribution in [0.15, 0.2) is 0 Å². The van der Waals surface area contributed by atoms with Crippen LogP contribution in [0.5, 0.6) is 0 Å². The zero-order chi connectivity index (χ0) is 11.0. The van der Waals surface area contributed by atoms with E-state index in [0.717, 1.165) is 36.8 Å². The maximum atomic E-state index is 10.3. The van der Waals surface area contributed by atoms with E-state index < -0.39 is 5.97 Å². The van der Waals surface area contributed by atoms with E-state index in [0.29, 0.717) is 6.42 Å². The molecule has 0 aliphatic rings. The Morgan fingerprint density at radius 1 is 1.14 bits per heavy atom. The summed E-state index contributed by atoms with van der Waals surface area (Å²) >= 11 is 0. The molecule has 0 rings (SSSR count). The lowest BCUT2D eigenvalue weighted by molar-refractivity contribution is -0.906. The van der Waals surface area contributed by atoms with Gasteiger partial charge in [-0.05, 0) is 33.1 Å². The molecular formula is C11H24NO2+. The molecule has 0 aliphatic carbocycles. The van der Waals surface area contributed by atoms with Crippen LogP contribution < -0.4 is 0 Å². The molecule has 3 nitrogen and oxygen atoms in total. The van der Waals surface area contributed by atoms with Crippen LogP contribution in [0, 0.1) is 0 Å². The molecule has 84 valence electrons. The van der Waals surface area contributed by atoms with Crippen LogP contribution in [-0.4, -0.2) is 42.2 Å². The highest BCUT2D eigenvalue weighted by Crippen LogP contribution is 2.07. The first-order chi connectivity index (χ1) is 6.54. The number of aliphatic carboxylic acids is 1. The maximum Gasteiger partial charge on any atom is 0.303 e. The van der Waals surface area contributed by atoms with Crippen LogP contribution >= 0.6 is 0 Å². The Balaban J connectivity index is 3.47. The Kier molecular flexibility index (Phi) is 6.54. The van der Waals surface area contributed by atoms with Gasteiger partial charge in [-0.2, -0.15) is 0 Å². The van der Waals surface area contributed by atoms with E-state index in [1.807, 2.05) is 0 Å². The van der Waals surface area contributed by atoms with E-state index >= 15 is 0 Å². The average molecular weight is 202 g/mol. The third kappa shape index (κ3) is 5.97. The number of carbonyl (C=O) groups is 1. The molecule has 0 heterocycles. The van der Waals surface area contributed by atoms with E-state index in [2.05, 4.69) is 20.9 Å². The zero-order valence-electron chi connectivity index (χ0n) is 9.75. The molecule has 14 heavy (non-hydrogen) atoms. The molecule has 1 N–H and O–H groups in total. The minimum absolute atomic E-state index is 0.321. The van der Waals surface area contributed by atoms with E-state index in [1.165, 1.54) is 6.54 Å². The van der Waals surface area contributed by atoms with Crippen molar-refractivity contribution < 1.29 is 14.4 Å². The molecule has 0 fully saturated rings. The first-order valence-electron chi connectivity index (χ1n) is 5.59. The van der Waals surface area contributed by atoms with Crippen molar-refractivity contribution in [2.75, 3.05) is 26.7 Å². The van der Waals surface area contributed by atoms with Crippen LogP contribution in [0.1, 0.15) is 39.5 Å². The first kappa shape index (κ1) is 13.4. The minimum Gasteiger partial charge on any atom is -0.481 e. The van der Waals surface area contributed by atoms with Gasteiger partial charge in [-0.25, -0.2) is 0 Å². The van der Waals surface area contributed by atoms with Gasteiger partial charge in [0.05, 0.1) is 26.7 Å². The number of unbranched alkanes of at least 4 members (excludes halogenated alkanes) is 2. The summed E-state index contributed by atoms with van der Waals surface area (Å²) in [6.07, 6.45) is 3.33. The molecule has 0 amide bonds. The maximum absolute atomic E-state index is 10.3. The molecule has 0 aromatic rings. The normalized spacial score (nSPS) is 11.6. The Morgan fingerprint density at radius 2 is 1.71 bits per heavy atom. The molecular weight excluding hydrogens is 178 g/mol. The number of carboxylic acids is 1. The minimum atomic E-state index is -0.673. The van der Waals surface area contributed by atoms with Crippen molar-refractivity contribution >= 4 is 5.97 Å². The van der Waals surface area contributed by atoms with Crippen LogP contribution in [0.4, 0.5) is 0 Å². The van der Waals surface area contributed by atoms with Crippen molar-refractivity contribution in [1.29, 1.82) is 0 Å². The van der Waals surface area contributed by atoms with Gasteiger partial charge in [-0.3, -0.25) is 4.79 Å². The summed E-state index contributed by atoms with van der Waals surface area (Å²) in [5, 5.41) is 8.46. The van der Waals surface area contributed by atoms with E-state index in [4.69, 9.17) is 5.11 Å². The lowest BCUT2D eigenvalue weighted by atomic mass is 10.2. The van der Waals surface area contributed by atoms with Gasteiger partial charge >= 0.3 is 5.97 Å². The molecule has 0 saturated heterocycles. The lowest BCUT2D eigenvalue weighted by Gasteiger charge is -2.32. The van der Waals surface area contributed by atoms with Gasteiger partial charge in [-0.15, -0.1) is 0 Å². The fourth-order valence-corrected chi connectivity index (χ4v) is 1.49. The first-order valence-corrected chi connectivity index (χ1v) is 5.59. The summed E-state index contributed by atoms with van der Waals surface area (Å²) in [6, 6.07) is 0. The number of carboxylic acid groups (broad SMARTS) is 1. The standard InChI is InChI=1S/C11H23NO2/c1-4-12(3,5-2)10-8-6-7-9-11(13)14/h4-10H2,1-3H3/p+1. The predicted octanol–water partition coefficient (Wildman–Crippen LogP) is 2.12. The van der Waals surface area contributed by atoms with E-state index in [9.17, 15) is 4.79 Å². The van der Waals surface area contributed by atoms with Crippen molar-refractivity contribution in [2.24, 2.45) is 0 Å². The summed E-state index contributed by atoms with van der Waals surface area (Å²) in [4.78, 5) is 10.3. The number of rotatable bonds is 8. The molecule has 3 heteroatoms. The van der Waals surface area contributed by atoms with Gasteiger partial charge in [-0.1, -0.05) is 0 Å². The SMILES string of the molecule is CC[N+](C)(CC)CCCCCC(=O)O. The Hall–Kier alpha value is -0.570. The fraction of sp³-hybridized carbons (Fsp3) is 0.909. The number of hydrogen-bond acceptors (Lipinski definition) is 1. The second-order valence-electron chi connectivity index (χ2n) is 4.18. The van der Waals surface area contributed by atoms with Crippen molar-refractivity contribution in [2.45, 2.75) is 39.5 Å². The smallest absolute Gasteiger partial charge is 0.303 e. The number of nitrogens with zero attached hydrogens (tertiary/aromatic N) is 1. The van der Waals surface area contributed by atoms with Gasteiger partial charge in [0.25, 0.3) is 0 Å². The van der Waals surface area contributed by atoms with Crippen LogP contribution in [-0.2, 0) is 4.79 Å². The second-order valence-corrected chi connectivity index (χ2v) is 4.18. The molecule has 0 bridgehead atoms. The summed E-state index contributed by atoms with van der Waals surface area (Å²) < 4.78 is 1.10. The second kappa shape index (κ2) is 6.82. The van der Waals surface area contributed by atoms with Crippen LogP contribution in [0.3, 0.4) is 0 Å². The highest BCUT2D eigenvalue weighted by atomic mass is 16.4. The molecule has 0 unspecified atom stereocenters. The van der Waals surface area contributed by atoms with Crippen molar-refractivity contribution in [3.8, 4) is 0 Å². The van der Waals surface area contributed by atoms with E-state index in [1.54, 1.807) is 0 Å². The van der Waals surface area contributed by atoms with Gasteiger partial charge in [0.2, 0.25) is 0 Å². The summed E-state index contributed by atoms with van der Waals surface area (Å²) in [6.45, 7) is 7.92. The highest BCUT2D eigenvalue weighted by Gasteiger charge is 2.14. The Bertz CT molecular complexity index is 165. The topological polar surface area (TPSA) is 37.3 Å². The van der Waals surface area contributed by atoms with Crippen molar-refractivity contribution in [3.05, 3.63) is 0 Å². The molecule has 0 saturated carbocycles. The Labute approximate surface area is 87.3 Å². The summed E-state index contributed by atoms with van der Waals surface area (Å²) in [7, 11) is 2.26. The summed E-state index contributed by atoms with van der Waals surface area (Å²) in [5.74, 6) is -0.673. The summed E-state index contributed by atoms with van der Waals surface area (Å²) in [5.41, 5.74) is 0. The van der Waals surface area contributed by atoms with Crippen molar-refractivity contribution in [1.82, 2.24) is 0 Å². The van der Waals surface area contributed by atoms with Gasteiger partial charge in [0.15, 0.2) is 0 Å². The number of quaternary nitrogens is 1. The zero-order valence-corrected chi connectivity index (χ0v) is 9.75. The van der Waals surface area contributed by atoms with Crippen molar-refractivity contribution in [3.63, 3.8) is 0 Å². The molecule has 0 aromatic carbocycles. The number of hydrogen-bond donors (Lipinski definition) is 1. The van der Waals surface area contributed by atoms with Crippen LogP contribution in [0.25, 0.3) is 0 Å². The third-order valence-corrected chi connectivity index (χ3v) is 3.12. The van der Waals surface area contributed by atoms with Crippen LogP contribution in [0.2, 0.25) is 0 Å². The molecule has 0 spiro atoms. The third-order valence-electron chi connectivity index (χ3n) is 3.12. The molecule has 0 aromatic heterocycles. The molecule has 0 atom stereocenters. The molecule has 0 radical (unpaired) electrons. The van der Waals surface area contributed by atoms with Gasteiger partial charge in [0, 0.05) is 6.42 Å². The highest BCUT2D eigenvalue weighted by molar-refractivity contribution is 5.66. The fourth-order valence-electron chi connectivity index (χ4n) is 1.49.